The number of aryl methyl sites for hydroxylation is 1. The van der Waals surface area contributed by atoms with Crippen LogP contribution in [0, 0.1) is 11.8 Å². The fourth-order valence-corrected chi connectivity index (χ4v) is 7.57. The number of ether oxygens (including phenoxy) is 1. The molecule has 3 aromatic carbocycles. The Morgan fingerprint density at radius 1 is 0.913 bits per heavy atom. The van der Waals surface area contributed by atoms with Crippen molar-refractivity contribution in [1.29, 1.82) is 0 Å². The molecule has 0 bridgehead atoms. The molecule has 11 heteroatoms. The van der Waals surface area contributed by atoms with Crippen molar-refractivity contribution < 1.29 is 28.6 Å². The first-order valence-electron chi connectivity index (χ1n) is 15.5. The van der Waals surface area contributed by atoms with Crippen molar-refractivity contribution in [3.8, 4) is 0 Å². The van der Waals surface area contributed by atoms with Crippen LogP contribution in [0.2, 0.25) is 0 Å². The van der Waals surface area contributed by atoms with Crippen LogP contribution in [0.5, 0.6) is 0 Å². The lowest BCUT2D eigenvalue weighted by Crippen LogP contribution is -2.49. The van der Waals surface area contributed by atoms with Gasteiger partial charge in [-0.05, 0) is 47.9 Å². The van der Waals surface area contributed by atoms with Crippen molar-refractivity contribution in [1.82, 2.24) is 15.6 Å². The van der Waals surface area contributed by atoms with E-state index < -0.39 is 49.2 Å². The van der Waals surface area contributed by atoms with Gasteiger partial charge >= 0.3 is 6.09 Å². The number of aromatic nitrogens is 1. The maximum atomic E-state index is 14.1. The Bertz CT molecular complexity index is 1640. The molecular formula is C35H43N4O6P. The summed E-state index contributed by atoms with van der Waals surface area (Å²) in [6.07, 6.45) is 1.58. The van der Waals surface area contributed by atoms with Crippen LogP contribution in [0.1, 0.15) is 43.4 Å². The average molecular weight is 647 g/mol. The number of carbonyl (C=O) groups is 3. The molecule has 4 rings (SSSR count). The topological polar surface area (TPSA) is 164 Å². The summed E-state index contributed by atoms with van der Waals surface area (Å²) in [5.74, 6) is -3.33. The second-order valence-corrected chi connectivity index (χ2v) is 14.5. The molecule has 0 aliphatic carbocycles. The van der Waals surface area contributed by atoms with Gasteiger partial charge in [-0.3, -0.25) is 14.2 Å². The van der Waals surface area contributed by atoms with E-state index in [-0.39, 0.29) is 25.4 Å². The van der Waals surface area contributed by atoms with Gasteiger partial charge in [0.2, 0.25) is 19.2 Å². The molecule has 0 spiro atoms. The molecular weight excluding hydrogens is 603 g/mol. The molecule has 46 heavy (non-hydrogen) atoms. The molecule has 1 heterocycles. The minimum atomic E-state index is -4.21. The number of benzene rings is 3. The Morgan fingerprint density at radius 3 is 2.20 bits per heavy atom. The fourth-order valence-electron chi connectivity index (χ4n) is 5.53. The lowest BCUT2D eigenvalue weighted by Gasteiger charge is -2.28. The standard InChI is InChI=1S/C35H43N4O6P/c1-24(2)19-28(34(41)38-31(33(36)40)20-27-21-37-30-16-10-9-15-29(27)30)23-46(43,44)32(18-17-25-11-5-3-6-12-25)39-35(42)45-22-26-13-7-4-8-14-26/h3-16,21,24,28,31-32,37H,17-20,22-23H2,1-2H3,(H2,36,40)(H,38,41)(H,39,42)(H,43,44)/t28-,31+,32-/m1/s1. The maximum Gasteiger partial charge on any atom is 0.408 e. The summed E-state index contributed by atoms with van der Waals surface area (Å²) >= 11 is 0. The number of aromatic amines is 1. The van der Waals surface area contributed by atoms with E-state index in [2.05, 4.69) is 15.6 Å². The highest BCUT2D eigenvalue weighted by atomic mass is 31.2. The van der Waals surface area contributed by atoms with Gasteiger partial charge in [0.05, 0.1) is 0 Å². The van der Waals surface area contributed by atoms with Gasteiger partial charge in [-0.15, -0.1) is 0 Å². The summed E-state index contributed by atoms with van der Waals surface area (Å²) in [6.45, 7) is 3.81. The molecule has 244 valence electrons. The summed E-state index contributed by atoms with van der Waals surface area (Å²) in [6, 6.07) is 25.1. The van der Waals surface area contributed by atoms with Gasteiger partial charge in [0.15, 0.2) is 0 Å². The number of fused-ring (bicyclic) bond motifs is 1. The second kappa shape index (κ2) is 16.2. The van der Waals surface area contributed by atoms with Crippen LogP contribution in [0.15, 0.2) is 91.1 Å². The van der Waals surface area contributed by atoms with Gasteiger partial charge < -0.3 is 31.0 Å². The summed E-state index contributed by atoms with van der Waals surface area (Å²) in [5, 5.41) is 6.28. The zero-order chi connectivity index (χ0) is 33.1. The second-order valence-electron chi connectivity index (χ2n) is 12.0. The molecule has 1 aromatic heterocycles. The largest absolute Gasteiger partial charge is 0.445 e. The van der Waals surface area contributed by atoms with E-state index in [1.807, 2.05) is 98.8 Å². The lowest BCUT2D eigenvalue weighted by atomic mass is 9.97. The molecule has 0 saturated heterocycles. The normalized spacial score (nSPS) is 14.6. The van der Waals surface area contributed by atoms with Crippen molar-refractivity contribution >= 4 is 36.2 Å². The molecule has 4 atom stereocenters. The van der Waals surface area contributed by atoms with E-state index >= 15 is 0 Å². The smallest absolute Gasteiger partial charge is 0.408 e. The zero-order valence-electron chi connectivity index (χ0n) is 26.2. The quantitative estimate of drug-likeness (QED) is 0.101. The molecule has 0 fully saturated rings. The highest BCUT2D eigenvalue weighted by Gasteiger charge is 2.38. The Hall–Kier alpha value is -4.40. The molecule has 0 aliphatic rings. The number of H-pyrrole nitrogens is 1. The van der Waals surface area contributed by atoms with E-state index in [9.17, 15) is 23.8 Å². The number of carbonyl (C=O) groups excluding carboxylic acids is 3. The van der Waals surface area contributed by atoms with Crippen LogP contribution < -0.4 is 16.4 Å². The van der Waals surface area contributed by atoms with Gasteiger partial charge in [-0.25, -0.2) is 4.79 Å². The maximum absolute atomic E-state index is 14.1. The molecule has 1 unspecified atom stereocenters. The third kappa shape index (κ3) is 10.1. The number of alkyl carbamates (subject to hydrolysis) is 1. The average Bonchev–Trinajstić information content (AvgIpc) is 3.44. The first-order valence-corrected chi connectivity index (χ1v) is 17.4. The predicted molar refractivity (Wildman–Crippen MR) is 179 cm³/mol. The van der Waals surface area contributed by atoms with Crippen LogP contribution in [0.3, 0.4) is 0 Å². The third-order valence-corrected chi connectivity index (χ3v) is 10.2. The third-order valence-electron chi connectivity index (χ3n) is 7.90. The minimum Gasteiger partial charge on any atom is -0.445 e. The molecule has 0 aliphatic heterocycles. The number of hydrogen-bond donors (Lipinski definition) is 5. The number of nitrogens with one attached hydrogen (secondary N) is 3. The summed E-state index contributed by atoms with van der Waals surface area (Å²) in [7, 11) is -4.21. The number of hydrogen-bond acceptors (Lipinski definition) is 5. The Morgan fingerprint density at radius 2 is 1.54 bits per heavy atom. The van der Waals surface area contributed by atoms with Crippen LogP contribution in [0.25, 0.3) is 10.9 Å². The van der Waals surface area contributed by atoms with Gasteiger partial charge in [0, 0.05) is 35.6 Å². The predicted octanol–water partition coefficient (Wildman–Crippen LogP) is 5.50. The van der Waals surface area contributed by atoms with Crippen molar-refractivity contribution in [2.24, 2.45) is 17.6 Å². The van der Waals surface area contributed by atoms with E-state index in [0.29, 0.717) is 12.8 Å². The molecule has 6 N–H and O–H groups in total. The van der Waals surface area contributed by atoms with Crippen LogP contribution in [-0.2, 0) is 38.3 Å². The van der Waals surface area contributed by atoms with Gasteiger partial charge in [-0.1, -0.05) is 92.7 Å². The van der Waals surface area contributed by atoms with Gasteiger partial charge in [0.25, 0.3) is 0 Å². The number of amides is 3. The zero-order valence-corrected chi connectivity index (χ0v) is 27.1. The number of para-hydroxylation sites is 1. The van der Waals surface area contributed by atoms with E-state index in [1.165, 1.54) is 0 Å². The number of nitrogens with two attached hydrogens (primary N) is 1. The number of primary amides is 1. The summed E-state index contributed by atoms with van der Waals surface area (Å²) in [5.41, 5.74) is 9.13. The number of rotatable bonds is 16. The highest BCUT2D eigenvalue weighted by Crippen LogP contribution is 2.49. The van der Waals surface area contributed by atoms with Crippen molar-refractivity contribution in [2.45, 2.75) is 58.0 Å². The summed E-state index contributed by atoms with van der Waals surface area (Å²) in [4.78, 5) is 53.7. The van der Waals surface area contributed by atoms with Crippen LogP contribution in [-0.4, -0.2) is 45.8 Å². The van der Waals surface area contributed by atoms with Crippen LogP contribution in [0.4, 0.5) is 4.79 Å². The lowest BCUT2D eigenvalue weighted by molar-refractivity contribution is -0.129. The molecule has 0 radical (unpaired) electrons. The summed E-state index contributed by atoms with van der Waals surface area (Å²) < 4.78 is 19.4. The highest BCUT2D eigenvalue weighted by molar-refractivity contribution is 7.58. The first kappa shape index (κ1) is 34.5. The van der Waals surface area contributed by atoms with Crippen molar-refractivity contribution in [3.63, 3.8) is 0 Å². The SMILES string of the molecule is CC(C)C[C@H](CP(=O)(O)[C@H](CCc1ccccc1)NC(=O)OCc1ccccc1)C(=O)N[C@@H](Cc1c[nH]c2ccccc12)C(N)=O. The van der Waals surface area contributed by atoms with Gasteiger partial charge in [0.1, 0.15) is 18.4 Å². The minimum absolute atomic E-state index is 0.00274. The van der Waals surface area contributed by atoms with Crippen molar-refractivity contribution in [2.75, 3.05) is 6.16 Å². The molecule has 10 nitrogen and oxygen atoms in total. The first-order chi connectivity index (χ1) is 22.0. The fraction of sp³-hybridized carbons (Fsp3) is 0.343. The van der Waals surface area contributed by atoms with Crippen molar-refractivity contribution in [3.05, 3.63) is 108 Å². The van der Waals surface area contributed by atoms with E-state index in [0.717, 1.165) is 27.6 Å². The monoisotopic (exact) mass is 646 g/mol. The Balaban J connectivity index is 1.50. The van der Waals surface area contributed by atoms with Crippen LogP contribution >= 0.6 is 7.37 Å². The Kier molecular flexibility index (Phi) is 12.2. The Labute approximate surface area is 269 Å². The van der Waals surface area contributed by atoms with E-state index in [1.54, 1.807) is 6.20 Å². The molecule has 0 saturated carbocycles. The van der Waals surface area contributed by atoms with E-state index in [4.69, 9.17) is 10.5 Å². The van der Waals surface area contributed by atoms with Gasteiger partial charge in [-0.2, -0.15) is 0 Å². The molecule has 3 amide bonds. The molecule has 4 aromatic rings.